The van der Waals surface area contributed by atoms with Gasteiger partial charge in [0.15, 0.2) is 0 Å². The molecule has 2 aromatic heterocycles. The van der Waals surface area contributed by atoms with Gasteiger partial charge < -0.3 is 0 Å². The van der Waals surface area contributed by atoms with Crippen LogP contribution < -0.4 is 5.56 Å². The van der Waals surface area contributed by atoms with Gasteiger partial charge in [-0.2, -0.15) is 9.61 Å². The zero-order chi connectivity index (χ0) is 19.2. The van der Waals surface area contributed by atoms with Crippen molar-refractivity contribution in [1.29, 1.82) is 0 Å². The summed E-state index contributed by atoms with van der Waals surface area (Å²) >= 11 is 1.53. The van der Waals surface area contributed by atoms with Crippen LogP contribution in [0.5, 0.6) is 0 Å². The lowest BCUT2D eigenvalue weighted by Gasteiger charge is -2.21. The fourth-order valence-corrected chi connectivity index (χ4v) is 4.08. The Balaban J connectivity index is 1.79. The third-order valence-electron chi connectivity index (χ3n) is 4.54. The molecule has 6 heteroatoms. The molecule has 0 bridgehead atoms. The van der Waals surface area contributed by atoms with E-state index < -0.39 is 0 Å². The molecule has 0 atom stereocenters. The summed E-state index contributed by atoms with van der Waals surface area (Å²) < 4.78 is 1.45. The van der Waals surface area contributed by atoms with E-state index in [9.17, 15) is 4.79 Å². The summed E-state index contributed by atoms with van der Waals surface area (Å²) in [5.74, 6) is 0. The van der Waals surface area contributed by atoms with Crippen molar-refractivity contribution >= 4 is 16.3 Å². The molecule has 2 heterocycles. The van der Waals surface area contributed by atoms with Gasteiger partial charge in [0.2, 0.25) is 4.96 Å². The minimum atomic E-state index is -0.0826. The number of rotatable bonds is 9. The Kier molecular flexibility index (Phi) is 6.74. The molecule has 0 radical (unpaired) electrons. The van der Waals surface area contributed by atoms with Gasteiger partial charge in [0.05, 0.1) is 5.69 Å². The van der Waals surface area contributed by atoms with Gasteiger partial charge in [0.25, 0.3) is 5.56 Å². The zero-order valence-corrected chi connectivity index (χ0v) is 17.3. The van der Waals surface area contributed by atoms with Crippen LogP contribution in [0.2, 0.25) is 0 Å². The smallest absolute Gasteiger partial charge is 0.275 e. The lowest BCUT2D eigenvalue weighted by Crippen LogP contribution is -2.26. The highest BCUT2D eigenvalue weighted by Gasteiger charge is 2.12. The number of benzene rings is 1. The second-order valence-electron chi connectivity index (χ2n) is 7.08. The molecule has 0 aliphatic carbocycles. The Bertz CT molecular complexity index is 929. The third kappa shape index (κ3) is 5.23. The van der Waals surface area contributed by atoms with E-state index in [-0.39, 0.29) is 5.56 Å². The average Bonchev–Trinajstić information content (AvgIpc) is 3.05. The summed E-state index contributed by atoms with van der Waals surface area (Å²) in [6, 6.07) is 10.3. The first kappa shape index (κ1) is 19.7. The number of hydrogen-bond donors (Lipinski definition) is 0. The molecule has 144 valence electrons. The molecule has 0 spiro atoms. The van der Waals surface area contributed by atoms with Crippen molar-refractivity contribution in [3.63, 3.8) is 0 Å². The van der Waals surface area contributed by atoms with Gasteiger partial charge in [-0.3, -0.25) is 9.69 Å². The van der Waals surface area contributed by atoms with Gasteiger partial charge in [-0.05, 0) is 31.9 Å². The van der Waals surface area contributed by atoms with Crippen molar-refractivity contribution in [2.24, 2.45) is 0 Å². The Hall–Kier alpha value is -2.05. The number of fused-ring (bicyclic) bond motifs is 1. The predicted molar refractivity (Wildman–Crippen MR) is 111 cm³/mol. The first-order valence-electron chi connectivity index (χ1n) is 9.75. The minimum absolute atomic E-state index is 0.0826. The molecule has 0 saturated heterocycles. The summed E-state index contributed by atoms with van der Waals surface area (Å²) in [6.07, 6.45) is 4.18. The van der Waals surface area contributed by atoms with E-state index in [1.165, 1.54) is 27.0 Å². The quantitative estimate of drug-likeness (QED) is 0.554. The topological polar surface area (TPSA) is 50.5 Å². The van der Waals surface area contributed by atoms with Gasteiger partial charge in [-0.15, -0.1) is 0 Å². The second-order valence-corrected chi connectivity index (χ2v) is 8.12. The number of nitrogens with zero attached hydrogens (tertiary/aromatic N) is 4. The van der Waals surface area contributed by atoms with Crippen LogP contribution >= 0.6 is 11.3 Å². The van der Waals surface area contributed by atoms with E-state index in [0.717, 1.165) is 49.5 Å². The van der Waals surface area contributed by atoms with Crippen molar-refractivity contribution < 1.29 is 0 Å². The maximum absolute atomic E-state index is 12.5. The van der Waals surface area contributed by atoms with Crippen LogP contribution in [0, 0.1) is 6.92 Å². The highest BCUT2D eigenvalue weighted by Crippen LogP contribution is 2.15. The molecule has 0 aliphatic heterocycles. The molecule has 3 rings (SSSR count). The van der Waals surface area contributed by atoms with Crippen LogP contribution in [-0.2, 0) is 19.5 Å². The maximum Gasteiger partial charge on any atom is 0.275 e. The van der Waals surface area contributed by atoms with Gasteiger partial charge in [0, 0.05) is 25.6 Å². The summed E-state index contributed by atoms with van der Waals surface area (Å²) in [5.41, 5.74) is 3.29. The highest BCUT2D eigenvalue weighted by atomic mass is 32.1. The number of aromatic nitrogens is 3. The van der Waals surface area contributed by atoms with Gasteiger partial charge >= 0.3 is 0 Å². The summed E-state index contributed by atoms with van der Waals surface area (Å²) in [7, 11) is 0. The molecule has 5 nitrogen and oxygen atoms in total. The van der Waals surface area contributed by atoms with Crippen LogP contribution in [0.4, 0.5) is 0 Å². The Morgan fingerprint density at radius 2 is 1.89 bits per heavy atom. The lowest BCUT2D eigenvalue weighted by molar-refractivity contribution is 0.254. The minimum Gasteiger partial charge on any atom is -0.293 e. The van der Waals surface area contributed by atoms with Crippen molar-refractivity contribution in [2.75, 3.05) is 6.54 Å². The lowest BCUT2D eigenvalue weighted by atomic mass is 10.1. The third-order valence-corrected chi connectivity index (χ3v) is 5.50. The van der Waals surface area contributed by atoms with Gasteiger partial charge in [-0.25, -0.2) is 4.98 Å². The summed E-state index contributed by atoms with van der Waals surface area (Å²) in [4.78, 5) is 20.2. The number of hydrogen-bond acceptors (Lipinski definition) is 5. The molecule has 3 aromatic rings. The molecule has 0 aliphatic rings. The Labute approximate surface area is 164 Å². The predicted octanol–water partition coefficient (Wildman–Crippen LogP) is 4.21. The van der Waals surface area contributed by atoms with Crippen LogP contribution in [-0.4, -0.2) is 26.0 Å². The Morgan fingerprint density at radius 1 is 1.11 bits per heavy atom. The van der Waals surface area contributed by atoms with Gasteiger partial charge in [0.1, 0.15) is 5.01 Å². The summed E-state index contributed by atoms with van der Waals surface area (Å²) in [6.45, 7) is 8.95. The van der Waals surface area contributed by atoms with E-state index in [4.69, 9.17) is 4.98 Å². The fourth-order valence-electron chi connectivity index (χ4n) is 3.12. The number of aryl methyl sites for hydroxylation is 2. The van der Waals surface area contributed by atoms with Crippen LogP contribution in [0.1, 0.15) is 54.9 Å². The Morgan fingerprint density at radius 3 is 2.59 bits per heavy atom. The largest absolute Gasteiger partial charge is 0.293 e. The molecule has 0 saturated carbocycles. The van der Waals surface area contributed by atoms with Crippen LogP contribution in [0.3, 0.4) is 0 Å². The van der Waals surface area contributed by atoms with Crippen molar-refractivity contribution in [3.05, 3.63) is 62.5 Å². The van der Waals surface area contributed by atoms with Crippen molar-refractivity contribution in [2.45, 2.75) is 59.5 Å². The molecular formula is C21H28N4OS. The summed E-state index contributed by atoms with van der Waals surface area (Å²) in [5, 5.41) is 5.42. The van der Waals surface area contributed by atoms with E-state index in [1.54, 1.807) is 6.07 Å². The average molecular weight is 385 g/mol. The number of unbranched alkanes of at least 4 members (excludes halogenated alkanes) is 1. The van der Waals surface area contributed by atoms with Crippen molar-refractivity contribution in [3.8, 4) is 0 Å². The normalized spacial score (nSPS) is 11.6. The second kappa shape index (κ2) is 9.24. The fraction of sp³-hybridized carbons (Fsp3) is 0.476. The van der Waals surface area contributed by atoms with E-state index in [1.807, 2.05) is 0 Å². The van der Waals surface area contributed by atoms with E-state index >= 15 is 0 Å². The molecule has 1 aromatic carbocycles. The molecule has 0 unspecified atom stereocenters. The SMILES string of the molecule is CCCCc1nn2c(=O)cc(CN(CCC)Cc3ccc(C)cc3)nc2s1. The van der Waals surface area contributed by atoms with E-state index in [0.29, 0.717) is 11.5 Å². The standard InChI is InChI=1S/C21H28N4OS/c1-4-6-7-19-23-25-20(26)13-18(22-21(25)27-19)15-24(12-5-2)14-17-10-8-16(3)9-11-17/h8-11,13H,4-7,12,14-15H2,1-3H3. The first-order chi connectivity index (χ1) is 13.1. The maximum atomic E-state index is 12.5. The van der Waals surface area contributed by atoms with Crippen LogP contribution in [0.25, 0.3) is 4.96 Å². The molecule has 0 fully saturated rings. The highest BCUT2D eigenvalue weighted by molar-refractivity contribution is 7.16. The monoisotopic (exact) mass is 384 g/mol. The van der Waals surface area contributed by atoms with E-state index in [2.05, 4.69) is 55.0 Å². The van der Waals surface area contributed by atoms with Crippen molar-refractivity contribution in [1.82, 2.24) is 19.5 Å². The molecular weight excluding hydrogens is 356 g/mol. The van der Waals surface area contributed by atoms with Crippen LogP contribution in [0.15, 0.2) is 35.1 Å². The molecule has 0 N–H and O–H groups in total. The van der Waals surface area contributed by atoms with Gasteiger partial charge in [-0.1, -0.05) is 61.4 Å². The first-order valence-corrected chi connectivity index (χ1v) is 10.6. The zero-order valence-electron chi connectivity index (χ0n) is 16.4. The molecule has 0 amide bonds. The molecule has 27 heavy (non-hydrogen) atoms.